The number of rotatable bonds is 3. The van der Waals surface area contributed by atoms with Crippen molar-refractivity contribution in [3.8, 4) is 0 Å². The summed E-state index contributed by atoms with van der Waals surface area (Å²) in [5.74, 6) is 2.30. The Morgan fingerprint density at radius 3 is 2.48 bits per heavy atom. The number of benzene rings is 2. The molecular formula is C23H22Cl2N4. The van der Waals surface area contributed by atoms with Gasteiger partial charge in [-0.15, -0.1) is 0 Å². The number of aromatic nitrogens is 3. The first kappa shape index (κ1) is 18.7. The number of aromatic amines is 1. The van der Waals surface area contributed by atoms with E-state index in [1.165, 1.54) is 38.5 Å². The first-order valence-electron chi connectivity index (χ1n) is 10.2. The molecule has 2 N–H and O–H groups in total. The maximum absolute atomic E-state index is 6.20. The highest BCUT2D eigenvalue weighted by Crippen LogP contribution is 2.35. The van der Waals surface area contributed by atoms with Crippen LogP contribution in [0.3, 0.4) is 0 Å². The molecule has 0 unspecified atom stereocenters. The lowest BCUT2D eigenvalue weighted by Gasteiger charge is -2.10. The van der Waals surface area contributed by atoms with Crippen LogP contribution in [0, 0.1) is 0 Å². The van der Waals surface area contributed by atoms with Crippen LogP contribution in [0.5, 0.6) is 0 Å². The maximum Gasteiger partial charge on any atom is 0.159 e. The van der Waals surface area contributed by atoms with Gasteiger partial charge in [0.2, 0.25) is 0 Å². The van der Waals surface area contributed by atoms with E-state index in [0.29, 0.717) is 16.0 Å². The van der Waals surface area contributed by atoms with E-state index in [1.807, 2.05) is 30.3 Å². The summed E-state index contributed by atoms with van der Waals surface area (Å²) in [6, 6.07) is 13.7. The lowest BCUT2D eigenvalue weighted by Crippen LogP contribution is -1.99. The molecule has 148 valence electrons. The molecule has 0 atom stereocenters. The summed E-state index contributed by atoms with van der Waals surface area (Å²) in [6.45, 7) is 0. The summed E-state index contributed by atoms with van der Waals surface area (Å²) in [5.41, 5.74) is 3.67. The second kappa shape index (κ2) is 7.85. The lowest BCUT2D eigenvalue weighted by atomic mass is 10.00. The number of pyridine rings is 1. The van der Waals surface area contributed by atoms with Crippen LogP contribution in [-0.4, -0.2) is 15.0 Å². The molecule has 4 aromatic rings. The van der Waals surface area contributed by atoms with Crippen molar-refractivity contribution in [1.29, 1.82) is 0 Å². The quantitative estimate of drug-likeness (QED) is 0.332. The average Bonchev–Trinajstić information content (AvgIpc) is 3.00. The molecule has 0 aliphatic heterocycles. The average molecular weight is 425 g/mol. The van der Waals surface area contributed by atoms with E-state index in [2.05, 4.69) is 16.4 Å². The van der Waals surface area contributed by atoms with Crippen LogP contribution in [0.25, 0.3) is 21.9 Å². The van der Waals surface area contributed by atoms with Crippen LogP contribution < -0.4 is 5.32 Å². The second-order valence-electron chi connectivity index (χ2n) is 7.77. The van der Waals surface area contributed by atoms with Gasteiger partial charge < -0.3 is 10.3 Å². The van der Waals surface area contributed by atoms with Crippen molar-refractivity contribution >= 4 is 56.6 Å². The highest BCUT2D eigenvalue weighted by atomic mass is 35.5. The number of hydrogen-bond acceptors (Lipinski definition) is 3. The standard InChI is InChI=1S/C23H22Cl2N4/c24-17-12-11-15(13-18(17)25)26-23-21-20(16-9-5-6-10-19(16)27-23)28-22(29-21)14-7-3-1-2-4-8-14/h5-6,9-14H,1-4,7-8H2,(H,26,27)(H,28,29). The van der Waals surface area contributed by atoms with Gasteiger partial charge in [-0.2, -0.15) is 0 Å². The Balaban J connectivity index is 1.64. The predicted octanol–water partition coefficient (Wildman–Crippen LogP) is 7.60. The summed E-state index contributed by atoms with van der Waals surface area (Å²) < 4.78 is 0. The summed E-state index contributed by atoms with van der Waals surface area (Å²) in [7, 11) is 0. The van der Waals surface area contributed by atoms with Crippen molar-refractivity contribution in [2.75, 3.05) is 5.32 Å². The molecule has 2 aromatic heterocycles. The van der Waals surface area contributed by atoms with Crippen molar-refractivity contribution in [3.05, 3.63) is 58.3 Å². The highest BCUT2D eigenvalue weighted by Gasteiger charge is 2.21. The van der Waals surface area contributed by atoms with Crippen LogP contribution in [0.1, 0.15) is 50.3 Å². The molecule has 0 spiro atoms. The fourth-order valence-electron chi connectivity index (χ4n) is 4.26. The van der Waals surface area contributed by atoms with Crippen molar-refractivity contribution in [1.82, 2.24) is 15.0 Å². The van der Waals surface area contributed by atoms with Crippen LogP contribution in [0.15, 0.2) is 42.5 Å². The van der Waals surface area contributed by atoms with E-state index < -0.39 is 0 Å². The minimum atomic E-state index is 0.487. The van der Waals surface area contributed by atoms with Crippen LogP contribution in [-0.2, 0) is 0 Å². The zero-order chi connectivity index (χ0) is 19.8. The zero-order valence-electron chi connectivity index (χ0n) is 16.0. The van der Waals surface area contributed by atoms with E-state index in [9.17, 15) is 0 Å². The first-order valence-corrected chi connectivity index (χ1v) is 10.9. The number of H-pyrrole nitrogens is 1. The monoisotopic (exact) mass is 424 g/mol. The molecule has 0 radical (unpaired) electrons. The van der Waals surface area contributed by atoms with Gasteiger partial charge in [0.05, 0.1) is 21.1 Å². The number of nitrogens with one attached hydrogen (secondary N) is 2. The van der Waals surface area contributed by atoms with Crippen molar-refractivity contribution in [2.24, 2.45) is 0 Å². The summed E-state index contributed by atoms with van der Waals surface area (Å²) >= 11 is 12.3. The van der Waals surface area contributed by atoms with Gasteiger partial charge in [0.1, 0.15) is 11.3 Å². The summed E-state index contributed by atoms with van der Waals surface area (Å²) in [4.78, 5) is 13.5. The van der Waals surface area contributed by atoms with Crippen LogP contribution in [0.2, 0.25) is 10.0 Å². The third-order valence-electron chi connectivity index (χ3n) is 5.78. The fourth-order valence-corrected chi connectivity index (χ4v) is 4.56. The molecule has 6 heteroatoms. The molecule has 4 nitrogen and oxygen atoms in total. The van der Waals surface area contributed by atoms with E-state index in [-0.39, 0.29) is 0 Å². The first-order chi connectivity index (χ1) is 14.2. The maximum atomic E-state index is 6.20. The molecule has 0 bridgehead atoms. The second-order valence-corrected chi connectivity index (χ2v) is 8.58. The molecular weight excluding hydrogens is 403 g/mol. The Labute approximate surface area is 179 Å². The normalized spacial score (nSPS) is 15.7. The Bertz CT molecular complexity index is 1180. The molecule has 5 rings (SSSR count). The molecule has 1 aliphatic carbocycles. The van der Waals surface area contributed by atoms with Gasteiger partial charge in [-0.3, -0.25) is 0 Å². The van der Waals surface area contributed by atoms with Gasteiger partial charge in [0.25, 0.3) is 0 Å². The molecule has 1 fully saturated rings. The Morgan fingerprint density at radius 2 is 1.69 bits per heavy atom. The molecule has 0 amide bonds. The number of imidazole rings is 1. The fraction of sp³-hybridized carbons (Fsp3) is 0.304. The number of halogens is 2. The van der Waals surface area contributed by atoms with E-state index >= 15 is 0 Å². The number of fused-ring (bicyclic) bond motifs is 3. The Morgan fingerprint density at radius 1 is 0.897 bits per heavy atom. The van der Waals surface area contributed by atoms with E-state index in [0.717, 1.165) is 39.3 Å². The Kier molecular flexibility index (Phi) is 5.06. The number of nitrogens with zero attached hydrogens (tertiary/aromatic N) is 2. The molecule has 1 saturated carbocycles. The largest absolute Gasteiger partial charge is 0.341 e. The van der Waals surface area contributed by atoms with Crippen molar-refractivity contribution in [3.63, 3.8) is 0 Å². The van der Waals surface area contributed by atoms with Gasteiger partial charge >= 0.3 is 0 Å². The van der Waals surface area contributed by atoms with Gasteiger partial charge in [-0.1, -0.05) is 67.1 Å². The third kappa shape index (κ3) is 3.67. The Hall–Kier alpha value is -2.30. The molecule has 29 heavy (non-hydrogen) atoms. The van der Waals surface area contributed by atoms with Gasteiger partial charge in [0, 0.05) is 17.0 Å². The van der Waals surface area contributed by atoms with Gasteiger partial charge in [-0.25, -0.2) is 9.97 Å². The minimum Gasteiger partial charge on any atom is -0.341 e. The number of anilines is 2. The SMILES string of the molecule is Clc1ccc(Nc2nc3ccccc3c3[nH]c(C4CCCCCC4)nc23)cc1Cl. The predicted molar refractivity (Wildman–Crippen MR) is 122 cm³/mol. The van der Waals surface area contributed by atoms with Crippen molar-refractivity contribution in [2.45, 2.75) is 44.4 Å². The highest BCUT2D eigenvalue weighted by molar-refractivity contribution is 6.42. The molecule has 2 heterocycles. The molecule has 0 saturated heterocycles. The third-order valence-corrected chi connectivity index (χ3v) is 6.52. The van der Waals surface area contributed by atoms with Crippen molar-refractivity contribution < 1.29 is 0 Å². The summed E-state index contributed by atoms with van der Waals surface area (Å²) in [5, 5.41) is 5.53. The van der Waals surface area contributed by atoms with Crippen LogP contribution >= 0.6 is 23.2 Å². The topological polar surface area (TPSA) is 53.6 Å². The van der Waals surface area contributed by atoms with E-state index in [4.69, 9.17) is 33.2 Å². The smallest absolute Gasteiger partial charge is 0.159 e. The summed E-state index contributed by atoms with van der Waals surface area (Å²) in [6.07, 6.45) is 7.59. The zero-order valence-corrected chi connectivity index (χ0v) is 17.5. The van der Waals surface area contributed by atoms with Crippen LogP contribution in [0.4, 0.5) is 11.5 Å². The lowest BCUT2D eigenvalue weighted by molar-refractivity contribution is 0.567. The molecule has 2 aromatic carbocycles. The number of para-hydroxylation sites is 1. The number of hydrogen-bond donors (Lipinski definition) is 2. The van der Waals surface area contributed by atoms with Gasteiger partial charge in [-0.05, 0) is 37.1 Å². The molecule has 1 aliphatic rings. The van der Waals surface area contributed by atoms with E-state index in [1.54, 1.807) is 6.07 Å². The van der Waals surface area contributed by atoms with Gasteiger partial charge in [0.15, 0.2) is 5.82 Å². The minimum absolute atomic E-state index is 0.487.